The second-order valence-corrected chi connectivity index (χ2v) is 6.68. The summed E-state index contributed by atoms with van der Waals surface area (Å²) in [6.07, 6.45) is 0.877. The molecule has 1 fully saturated rings. The third-order valence-corrected chi connectivity index (χ3v) is 5.39. The second kappa shape index (κ2) is 5.62. The summed E-state index contributed by atoms with van der Waals surface area (Å²) in [5.74, 6) is 0.478. The number of likely N-dealkylation sites (N-methyl/N-ethyl adjacent to an activating group) is 1. The van der Waals surface area contributed by atoms with E-state index in [9.17, 15) is 4.79 Å². The topological polar surface area (TPSA) is 46.3 Å². The summed E-state index contributed by atoms with van der Waals surface area (Å²) in [5.41, 5.74) is 6.62. The first-order valence-corrected chi connectivity index (χ1v) is 8.10. The maximum Gasteiger partial charge on any atom is 0.234 e. The van der Waals surface area contributed by atoms with Crippen LogP contribution >= 0.6 is 11.3 Å². The van der Waals surface area contributed by atoms with Gasteiger partial charge in [0.1, 0.15) is 0 Å². The average Bonchev–Trinajstić information content (AvgIpc) is 2.99. The maximum absolute atomic E-state index is 13.0. The molecule has 3 rings (SSSR count). The third kappa shape index (κ3) is 2.49. The molecule has 1 aromatic carbocycles. The fourth-order valence-electron chi connectivity index (χ4n) is 3.09. The molecule has 3 nitrogen and oxygen atoms in total. The van der Waals surface area contributed by atoms with Crippen LogP contribution in [0.25, 0.3) is 0 Å². The van der Waals surface area contributed by atoms with Crippen LogP contribution in [0.3, 0.4) is 0 Å². The molecule has 1 saturated carbocycles. The quantitative estimate of drug-likeness (QED) is 0.922. The first-order valence-electron chi connectivity index (χ1n) is 7.22. The van der Waals surface area contributed by atoms with Crippen LogP contribution in [0.1, 0.15) is 16.9 Å². The summed E-state index contributed by atoms with van der Waals surface area (Å²) in [6.45, 7) is 1.22. The number of hydrogen-bond acceptors (Lipinski definition) is 3. The molecule has 1 aliphatic carbocycles. The van der Waals surface area contributed by atoms with Crippen LogP contribution in [0.15, 0.2) is 47.8 Å². The van der Waals surface area contributed by atoms with E-state index in [0.29, 0.717) is 13.1 Å². The third-order valence-electron chi connectivity index (χ3n) is 4.34. The summed E-state index contributed by atoms with van der Waals surface area (Å²) in [4.78, 5) is 16.0. The van der Waals surface area contributed by atoms with Gasteiger partial charge in [-0.25, -0.2) is 0 Å². The monoisotopic (exact) mass is 300 g/mol. The maximum atomic E-state index is 13.0. The molecule has 1 aliphatic rings. The minimum Gasteiger partial charge on any atom is -0.341 e. The van der Waals surface area contributed by atoms with Gasteiger partial charge in [0.15, 0.2) is 0 Å². The Balaban J connectivity index is 1.80. The Kier molecular flexibility index (Phi) is 3.83. The molecule has 2 N–H and O–H groups in total. The van der Waals surface area contributed by atoms with Crippen LogP contribution in [-0.2, 0) is 16.8 Å². The zero-order valence-corrected chi connectivity index (χ0v) is 13.0. The van der Waals surface area contributed by atoms with Crippen LogP contribution in [0, 0.1) is 5.92 Å². The van der Waals surface area contributed by atoms with Crippen molar-refractivity contribution in [3.8, 4) is 0 Å². The smallest absolute Gasteiger partial charge is 0.234 e. The van der Waals surface area contributed by atoms with Gasteiger partial charge in [0.05, 0.1) is 5.41 Å². The highest BCUT2D eigenvalue weighted by atomic mass is 32.1. The lowest BCUT2D eigenvalue weighted by Gasteiger charge is -2.24. The van der Waals surface area contributed by atoms with Crippen molar-refractivity contribution in [3.05, 3.63) is 58.3 Å². The lowest BCUT2D eigenvalue weighted by atomic mass is 9.99. The van der Waals surface area contributed by atoms with E-state index in [1.807, 2.05) is 41.6 Å². The summed E-state index contributed by atoms with van der Waals surface area (Å²) >= 11 is 1.66. The molecule has 1 amide bonds. The van der Waals surface area contributed by atoms with Crippen molar-refractivity contribution in [2.75, 3.05) is 13.6 Å². The fraction of sp³-hybridized carbons (Fsp3) is 0.353. The Morgan fingerprint density at radius 1 is 1.33 bits per heavy atom. The number of amides is 1. The summed E-state index contributed by atoms with van der Waals surface area (Å²) < 4.78 is 0. The number of nitrogens with two attached hydrogens (primary N) is 1. The van der Waals surface area contributed by atoms with Crippen LogP contribution in [0.2, 0.25) is 0 Å². The minimum atomic E-state index is -0.369. The van der Waals surface area contributed by atoms with Crippen LogP contribution in [-0.4, -0.2) is 24.4 Å². The van der Waals surface area contributed by atoms with Gasteiger partial charge >= 0.3 is 0 Å². The Labute approximate surface area is 129 Å². The van der Waals surface area contributed by atoms with E-state index in [0.717, 1.165) is 16.9 Å². The van der Waals surface area contributed by atoms with E-state index < -0.39 is 0 Å². The Morgan fingerprint density at radius 3 is 2.67 bits per heavy atom. The van der Waals surface area contributed by atoms with E-state index >= 15 is 0 Å². The molecule has 2 atom stereocenters. The van der Waals surface area contributed by atoms with Gasteiger partial charge in [0.2, 0.25) is 5.91 Å². The highest BCUT2D eigenvalue weighted by Crippen LogP contribution is 2.56. The van der Waals surface area contributed by atoms with Crippen molar-refractivity contribution in [2.45, 2.75) is 18.4 Å². The van der Waals surface area contributed by atoms with Gasteiger partial charge < -0.3 is 10.6 Å². The van der Waals surface area contributed by atoms with Crippen LogP contribution in [0.4, 0.5) is 0 Å². The number of benzene rings is 1. The number of hydrogen-bond donors (Lipinski definition) is 1. The van der Waals surface area contributed by atoms with Crippen molar-refractivity contribution in [3.63, 3.8) is 0 Å². The fourth-order valence-corrected chi connectivity index (χ4v) is 4.09. The van der Waals surface area contributed by atoms with Crippen molar-refractivity contribution in [1.29, 1.82) is 0 Å². The van der Waals surface area contributed by atoms with E-state index in [1.54, 1.807) is 11.3 Å². The molecular formula is C17H20N2OS. The molecule has 0 radical (unpaired) electrons. The highest BCUT2D eigenvalue weighted by Gasteiger charge is 2.61. The Morgan fingerprint density at radius 2 is 2.10 bits per heavy atom. The summed E-state index contributed by atoms with van der Waals surface area (Å²) in [5, 5.41) is 2.04. The lowest BCUT2D eigenvalue weighted by molar-refractivity contribution is -0.133. The molecule has 0 spiro atoms. The Bertz CT molecular complexity index is 611. The lowest BCUT2D eigenvalue weighted by Crippen LogP contribution is -2.37. The number of carbonyl (C=O) groups is 1. The van der Waals surface area contributed by atoms with Crippen molar-refractivity contribution in [2.24, 2.45) is 11.7 Å². The summed E-state index contributed by atoms with van der Waals surface area (Å²) in [7, 11) is 1.89. The second-order valence-electron chi connectivity index (χ2n) is 5.73. The molecule has 4 heteroatoms. The van der Waals surface area contributed by atoms with Gasteiger partial charge in [-0.15, -0.1) is 11.3 Å². The van der Waals surface area contributed by atoms with E-state index in [-0.39, 0.29) is 17.2 Å². The average molecular weight is 300 g/mol. The zero-order valence-electron chi connectivity index (χ0n) is 12.2. The van der Waals surface area contributed by atoms with Gasteiger partial charge in [-0.2, -0.15) is 0 Å². The Hall–Kier alpha value is -1.65. The molecule has 0 saturated heterocycles. The summed E-state index contributed by atoms with van der Waals surface area (Å²) in [6, 6.07) is 14.2. The van der Waals surface area contributed by atoms with Crippen LogP contribution < -0.4 is 5.73 Å². The van der Waals surface area contributed by atoms with Gasteiger partial charge in [0, 0.05) is 18.5 Å². The molecule has 21 heavy (non-hydrogen) atoms. The van der Waals surface area contributed by atoms with E-state index in [1.165, 1.54) is 0 Å². The molecule has 2 aromatic rings. The van der Waals surface area contributed by atoms with E-state index in [2.05, 4.69) is 18.2 Å². The first kappa shape index (κ1) is 14.3. The molecule has 0 bridgehead atoms. The first-order chi connectivity index (χ1) is 10.2. The predicted molar refractivity (Wildman–Crippen MR) is 86.1 cm³/mol. The molecule has 1 heterocycles. The largest absolute Gasteiger partial charge is 0.341 e. The standard InChI is InChI=1S/C17H20N2OS/c1-19(12-13-6-3-2-4-7-13)16(20)17(10-14(17)11-18)15-8-5-9-21-15/h2-9,14H,10-12,18H2,1H3/t14-,17-/m0/s1. The van der Waals surface area contributed by atoms with E-state index in [4.69, 9.17) is 5.73 Å². The SMILES string of the molecule is CN(Cc1ccccc1)C(=O)[C@@]1(c2cccs2)C[C@H]1CN. The molecule has 0 unspecified atom stereocenters. The number of carbonyl (C=O) groups excluding carboxylic acids is 1. The van der Waals surface area contributed by atoms with Gasteiger partial charge in [-0.05, 0) is 35.9 Å². The van der Waals surface area contributed by atoms with Crippen molar-refractivity contribution >= 4 is 17.2 Å². The normalized spacial score (nSPS) is 23.8. The molecule has 0 aliphatic heterocycles. The molecular weight excluding hydrogens is 280 g/mol. The molecule has 1 aromatic heterocycles. The van der Waals surface area contributed by atoms with Gasteiger partial charge in [-0.3, -0.25) is 4.79 Å². The number of nitrogens with zero attached hydrogens (tertiary/aromatic N) is 1. The zero-order chi connectivity index (χ0) is 14.9. The van der Waals surface area contributed by atoms with Crippen LogP contribution in [0.5, 0.6) is 0 Å². The van der Waals surface area contributed by atoms with Crippen molar-refractivity contribution < 1.29 is 4.79 Å². The van der Waals surface area contributed by atoms with Crippen molar-refractivity contribution in [1.82, 2.24) is 4.90 Å². The number of rotatable bonds is 5. The van der Waals surface area contributed by atoms with Gasteiger partial charge in [-0.1, -0.05) is 36.4 Å². The molecule has 110 valence electrons. The number of thiophene rings is 1. The highest BCUT2D eigenvalue weighted by molar-refractivity contribution is 7.10. The van der Waals surface area contributed by atoms with Gasteiger partial charge in [0.25, 0.3) is 0 Å². The minimum absolute atomic E-state index is 0.198. The predicted octanol–water partition coefficient (Wildman–Crippen LogP) is 2.62.